The van der Waals surface area contributed by atoms with Gasteiger partial charge < -0.3 is 15.6 Å². The first-order valence-electron chi connectivity index (χ1n) is 5.52. The average Bonchev–Trinajstić information content (AvgIpc) is 2.88. The third-order valence-corrected chi connectivity index (χ3v) is 2.54. The summed E-state index contributed by atoms with van der Waals surface area (Å²) < 4.78 is 42.5. The minimum atomic E-state index is -4.53. The van der Waals surface area contributed by atoms with Crippen LogP contribution in [0.15, 0.2) is 35.0 Å². The maximum atomic E-state index is 12.6. The molecule has 0 fully saturated rings. The monoisotopic (exact) mass is 285 g/mol. The van der Waals surface area contributed by atoms with Crippen molar-refractivity contribution in [3.8, 4) is 0 Å². The highest BCUT2D eigenvalue weighted by molar-refractivity contribution is 5.99. The van der Waals surface area contributed by atoms with Gasteiger partial charge >= 0.3 is 6.18 Å². The van der Waals surface area contributed by atoms with Crippen LogP contribution in [-0.2, 0) is 12.7 Å². The highest BCUT2D eigenvalue weighted by atomic mass is 19.4. The standard InChI is InChI=1S/C12H10F3N3O2/c13-12(14,15)7-1-2-10(16)9(5-7)11(19)17-6-8-3-4-18-20-8/h1-5H,6,16H2,(H,17,19). The molecule has 1 amide bonds. The van der Waals surface area contributed by atoms with Crippen molar-refractivity contribution in [2.75, 3.05) is 5.73 Å². The van der Waals surface area contributed by atoms with Crippen molar-refractivity contribution < 1.29 is 22.5 Å². The molecule has 0 aliphatic rings. The van der Waals surface area contributed by atoms with E-state index in [9.17, 15) is 18.0 Å². The summed E-state index contributed by atoms with van der Waals surface area (Å²) in [6.07, 6.45) is -3.15. The van der Waals surface area contributed by atoms with Crippen LogP contribution in [0, 0.1) is 0 Å². The van der Waals surface area contributed by atoms with Crippen LogP contribution in [0.2, 0.25) is 0 Å². The Morgan fingerprint density at radius 2 is 2.10 bits per heavy atom. The van der Waals surface area contributed by atoms with Crippen molar-refractivity contribution in [2.24, 2.45) is 0 Å². The molecule has 0 saturated heterocycles. The van der Waals surface area contributed by atoms with E-state index < -0.39 is 17.6 Å². The number of halogens is 3. The lowest BCUT2D eigenvalue weighted by Crippen LogP contribution is -2.24. The van der Waals surface area contributed by atoms with Crippen LogP contribution in [0.1, 0.15) is 21.7 Å². The van der Waals surface area contributed by atoms with E-state index in [2.05, 4.69) is 10.5 Å². The molecular formula is C12H10F3N3O2. The first-order valence-corrected chi connectivity index (χ1v) is 5.52. The fourth-order valence-corrected chi connectivity index (χ4v) is 1.53. The predicted molar refractivity (Wildman–Crippen MR) is 63.5 cm³/mol. The van der Waals surface area contributed by atoms with Gasteiger partial charge in [0.25, 0.3) is 5.91 Å². The van der Waals surface area contributed by atoms with Crippen LogP contribution < -0.4 is 11.1 Å². The lowest BCUT2D eigenvalue weighted by Gasteiger charge is -2.11. The molecule has 0 aliphatic heterocycles. The first kappa shape index (κ1) is 13.9. The van der Waals surface area contributed by atoms with Crippen LogP contribution in [-0.4, -0.2) is 11.1 Å². The van der Waals surface area contributed by atoms with Crippen LogP contribution in [0.4, 0.5) is 18.9 Å². The van der Waals surface area contributed by atoms with E-state index in [1.807, 2.05) is 0 Å². The van der Waals surface area contributed by atoms with Gasteiger partial charge in [-0.15, -0.1) is 0 Å². The van der Waals surface area contributed by atoms with Crippen molar-refractivity contribution in [3.05, 3.63) is 47.3 Å². The fraction of sp³-hybridized carbons (Fsp3) is 0.167. The number of nitrogens with one attached hydrogen (secondary N) is 1. The van der Waals surface area contributed by atoms with Crippen LogP contribution in [0.25, 0.3) is 0 Å². The molecule has 8 heteroatoms. The van der Waals surface area contributed by atoms with Crippen molar-refractivity contribution in [3.63, 3.8) is 0 Å². The van der Waals surface area contributed by atoms with E-state index in [0.29, 0.717) is 11.8 Å². The molecule has 0 radical (unpaired) electrons. The largest absolute Gasteiger partial charge is 0.416 e. The van der Waals surface area contributed by atoms with Crippen molar-refractivity contribution in [1.29, 1.82) is 0 Å². The lowest BCUT2D eigenvalue weighted by molar-refractivity contribution is -0.137. The van der Waals surface area contributed by atoms with Gasteiger partial charge in [0.05, 0.1) is 23.9 Å². The number of hydrogen-bond donors (Lipinski definition) is 2. The summed E-state index contributed by atoms with van der Waals surface area (Å²) in [6.45, 7) is 0.00845. The number of alkyl halides is 3. The predicted octanol–water partition coefficient (Wildman–Crippen LogP) is 2.21. The Bertz CT molecular complexity index is 609. The normalized spacial score (nSPS) is 11.3. The fourth-order valence-electron chi connectivity index (χ4n) is 1.53. The molecule has 0 aliphatic carbocycles. The van der Waals surface area contributed by atoms with Gasteiger partial charge in [0.1, 0.15) is 0 Å². The zero-order chi connectivity index (χ0) is 14.8. The Balaban J connectivity index is 2.16. The van der Waals surface area contributed by atoms with Crippen LogP contribution >= 0.6 is 0 Å². The van der Waals surface area contributed by atoms with E-state index in [1.54, 1.807) is 0 Å². The lowest BCUT2D eigenvalue weighted by atomic mass is 10.1. The summed E-state index contributed by atoms with van der Waals surface area (Å²) >= 11 is 0. The number of nitrogen functional groups attached to an aromatic ring is 1. The summed E-state index contributed by atoms with van der Waals surface area (Å²) in [7, 11) is 0. The number of nitrogens with two attached hydrogens (primary N) is 1. The summed E-state index contributed by atoms with van der Waals surface area (Å²) in [5.41, 5.74) is 4.31. The molecule has 0 bridgehead atoms. The van der Waals surface area contributed by atoms with Gasteiger partial charge in [-0.25, -0.2) is 0 Å². The number of carbonyl (C=O) groups excluding carboxylic acids is 1. The van der Waals surface area contributed by atoms with Crippen molar-refractivity contribution in [1.82, 2.24) is 10.5 Å². The van der Waals surface area contributed by atoms with Gasteiger partial charge in [0.15, 0.2) is 5.76 Å². The molecule has 0 saturated carbocycles. The summed E-state index contributed by atoms with van der Waals surface area (Å²) in [6, 6.07) is 4.11. The molecule has 1 heterocycles. The summed E-state index contributed by atoms with van der Waals surface area (Å²) in [5, 5.41) is 5.84. The Labute approximate surface area is 111 Å². The molecular weight excluding hydrogens is 275 g/mol. The minimum Gasteiger partial charge on any atom is -0.398 e. The molecule has 2 aromatic rings. The highest BCUT2D eigenvalue weighted by Crippen LogP contribution is 2.31. The van der Waals surface area contributed by atoms with Gasteiger partial charge in [-0.2, -0.15) is 13.2 Å². The second kappa shape index (κ2) is 5.24. The number of nitrogens with zero attached hydrogens (tertiary/aromatic N) is 1. The second-order valence-electron chi connectivity index (χ2n) is 3.96. The molecule has 0 unspecified atom stereocenters. The number of carbonyl (C=O) groups is 1. The Kier molecular flexibility index (Phi) is 3.64. The number of rotatable bonds is 3. The molecule has 106 valence electrons. The van der Waals surface area contributed by atoms with E-state index in [4.69, 9.17) is 10.3 Å². The number of hydrogen-bond acceptors (Lipinski definition) is 4. The zero-order valence-corrected chi connectivity index (χ0v) is 10.1. The minimum absolute atomic E-state index is 0.00845. The SMILES string of the molecule is Nc1ccc(C(F)(F)F)cc1C(=O)NCc1ccno1. The summed E-state index contributed by atoms with van der Waals surface area (Å²) in [4.78, 5) is 11.8. The number of benzene rings is 1. The quantitative estimate of drug-likeness (QED) is 0.847. The van der Waals surface area contributed by atoms with Crippen LogP contribution in [0.3, 0.4) is 0 Å². The first-order chi connectivity index (χ1) is 9.38. The van der Waals surface area contributed by atoms with Gasteiger partial charge in [0, 0.05) is 11.8 Å². The Morgan fingerprint density at radius 1 is 1.35 bits per heavy atom. The van der Waals surface area contributed by atoms with E-state index in [-0.39, 0.29) is 17.8 Å². The molecule has 20 heavy (non-hydrogen) atoms. The molecule has 1 aromatic heterocycles. The van der Waals surface area contributed by atoms with Gasteiger partial charge in [-0.3, -0.25) is 4.79 Å². The molecule has 0 atom stereocenters. The topological polar surface area (TPSA) is 81.2 Å². The third-order valence-electron chi connectivity index (χ3n) is 2.54. The van der Waals surface area contributed by atoms with Gasteiger partial charge in [0.2, 0.25) is 0 Å². The number of anilines is 1. The second-order valence-corrected chi connectivity index (χ2v) is 3.96. The van der Waals surface area contributed by atoms with Gasteiger partial charge in [-0.1, -0.05) is 5.16 Å². The van der Waals surface area contributed by atoms with Crippen LogP contribution in [0.5, 0.6) is 0 Å². The van der Waals surface area contributed by atoms with E-state index in [1.165, 1.54) is 12.3 Å². The molecule has 2 rings (SSSR count). The maximum absolute atomic E-state index is 12.6. The maximum Gasteiger partial charge on any atom is 0.416 e. The highest BCUT2D eigenvalue weighted by Gasteiger charge is 2.31. The zero-order valence-electron chi connectivity index (χ0n) is 10.1. The smallest absolute Gasteiger partial charge is 0.398 e. The van der Waals surface area contributed by atoms with Crippen molar-refractivity contribution >= 4 is 11.6 Å². The Hall–Kier alpha value is -2.51. The van der Waals surface area contributed by atoms with Crippen molar-refractivity contribution in [2.45, 2.75) is 12.7 Å². The van der Waals surface area contributed by atoms with E-state index >= 15 is 0 Å². The third kappa shape index (κ3) is 3.08. The van der Waals surface area contributed by atoms with E-state index in [0.717, 1.165) is 12.1 Å². The molecule has 5 nitrogen and oxygen atoms in total. The number of aromatic nitrogens is 1. The number of amides is 1. The average molecular weight is 285 g/mol. The Morgan fingerprint density at radius 3 is 2.70 bits per heavy atom. The summed E-state index contributed by atoms with van der Waals surface area (Å²) in [5.74, 6) is -0.339. The molecule has 0 spiro atoms. The van der Waals surface area contributed by atoms with Gasteiger partial charge in [-0.05, 0) is 18.2 Å². The molecule has 3 N–H and O–H groups in total. The molecule has 1 aromatic carbocycles.